The predicted molar refractivity (Wildman–Crippen MR) is 139 cm³/mol. The van der Waals surface area contributed by atoms with Crippen LogP contribution in [0.3, 0.4) is 0 Å². The molecular weight excluding hydrogens is 507 g/mol. The van der Waals surface area contributed by atoms with Crippen molar-refractivity contribution in [2.75, 3.05) is 55.6 Å². The molecular formula is C24H30ClFN6O3S. The lowest BCUT2D eigenvalue weighted by atomic mass is 9.99. The normalized spacial score (nSPS) is 21.2. The van der Waals surface area contributed by atoms with Gasteiger partial charge in [-0.05, 0) is 49.9 Å². The maximum atomic E-state index is 14.8. The topological polar surface area (TPSA) is 107 Å². The summed E-state index contributed by atoms with van der Waals surface area (Å²) in [4.78, 5) is 12.9. The largest absolute Gasteiger partial charge is 0.394 e. The summed E-state index contributed by atoms with van der Waals surface area (Å²) in [5.41, 5.74) is -0.0604. The minimum Gasteiger partial charge on any atom is -0.394 e. The highest BCUT2D eigenvalue weighted by Gasteiger charge is 2.33. The summed E-state index contributed by atoms with van der Waals surface area (Å²) < 4.78 is 25.6. The number of aromatic nitrogens is 2. The maximum absolute atomic E-state index is 14.8. The molecule has 2 aromatic rings. The van der Waals surface area contributed by atoms with Crippen molar-refractivity contribution in [3.63, 3.8) is 0 Å². The van der Waals surface area contributed by atoms with Crippen LogP contribution in [0.5, 0.6) is 0 Å². The van der Waals surface area contributed by atoms with Crippen molar-refractivity contribution >= 4 is 35.1 Å². The van der Waals surface area contributed by atoms with Gasteiger partial charge in [0.2, 0.25) is 0 Å². The van der Waals surface area contributed by atoms with Gasteiger partial charge in [0, 0.05) is 37.5 Å². The Labute approximate surface area is 219 Å². The molecule has 0 spiro atoms. The van der Waals surface area contributed by atoms with Crippen LogP contribution < -0.4 is 15.2 Å². The van der Waals surface area contributed by atoms with Crippen LogP contribution in [-0.2, 0) is 4.74 Å². The average Bonchev–Trinajstić information content (AvgIpc) is 2.90. The summed E-state index contributed by atoms with van der Waals surface area (Å²) in [6, 6.07) is 9.24. The van der Waals surface area contributed by atoms with Crippen LogP contribution in [0.25, 0.3) is 0 Å². The van der Waals surface area contributed by atoms with E-state index in [1.165, 1.54) is 23.0 Å². The number of nitrogens with zero attached hydrogens (tertiary/aromatic N) is 5. The first-order chi connectivity index (χ1) is 17.4. The zero-order valence-electron chi connectivity index (χ0n) is 19.9. The molecule has 1 unspecified atom stereocenters. The molecule has 3 heterocycles. The molecule has 36 heavy (non-hydrogen) atoms. The van der Waals surface area contributed by atoms with Crippen molar-refractivity contribution in [1.29, 1.82) is 5.26 Å². The minimum absolute atomic E-state index is 0.00177. The molecule has 12 heteroatoms. The van der Waals surface area contributed by atoms with Crippen LogP contribution in [0, 0.1) is 11.3 Å². The summed E-state index contributed by atoms with van der Waals surface area (Å²) in [6.07, 6.45) is 3.96. The summed E-state index contributed by atoms with van der Waals surface area (Å²) in [5, 5.41) is 25.8. The first kappa shape index (κ1) is 26.7. The molecule has 2 N–H and O–H groups in total. The second-order valence-electron chi connectivity index (χ2n) is 9.01. The minimum atomic E-state index is -1.48. The standard InChI is InChI=1S/C24H30ClFN6O3S/c25-22-21(28-16-24(26)8-1-13-35-17-24)15-29-32(23(22)34)20-6-9-30(10-7-20)36-31(11-12-33)19-4-2-18(14-27)3-5-19/h2-5,15,20,28,33H,1,6-13,16-17H2. The van der Waals surface area contributed by atoms with Gasteiger partial charge in [-0.25, -0.2) is 13.4 Å². The fourth-order valence-electron chi connectivity index (χ4n) is 4.36. The molecule has 194 valence electrons. The number of nitrogens with one attached hydrogen (secondary N) is 1. The molecule has 0 saturated carbocycles. The van der Waals surface area contributed by atoms with E-state index in [2.05, 4.69) is 20.8 Å². The number of hydrogen-bond donors (Lipinski definition) is 2. The molecule has 2 fully saturated rings. The van der Waals surface area contributed by atoms with Gasteiger partial charge in [-0.3, -0.25) is 4.79 Å². The number of alkyl halides is 1. The Morgan fingerprint density at radius 1 is 1.36 bits per heavy atom. The van der Waals surface area contributed by atoms with E-state index in [-0.39, 0.29) is 36.4 Å². The van der Waals surface area contributed by atoms with E-state index < -0.39 is 5.67 Å². The third-order valence-corrected chi connectivity index (χ3v) is 7.94. The van der Waals surface area contributed by atoms with Gasteiger partial charge >= 0.3 is 0 Å². The highest BCUT2D eigenvalue weighted by molar-refractivity contribution is 7.98. The average molecular weight is 537 g/mol. The van der Waals surface area contributed by atoms with Crippen molar-refractivity contribution in [2.45, 2.75) is 37.4 Å². The Hall–Kier alpha value is -2.36. The third kappa shape index (κ3) is 6.49. The van der Waals surface area contributed by atoms with Gasteiger partial charge < -0.3 is 19.5 Å². The van der Waals surface area contributed by atoms with E-state index in [0.717, 1.165) is 5.69 Å². The Morgan fingerprint density at radius 2 is 2.11 bits per heavy atom. The highest BCUT2D eigenvalue weighted by atomic mass is 35.5. The smallest absolute Gasteiger partial charge is 0.287 e. The van der Waals surface area contributed by atoms with Gasteiger partial charge in [0.15, 0.2) is 5.67 Å². The van der Waals surface area contributed by atoms with Crippen LogP contribution in [0.15, 0.2) is 35.3 Å². The molecule has 4 rings (SSSR count). The van der Waals surface area contributed by atoms with Gasteiger partial charge in [0.1, 0.15) is 5.02 Å². The third-order valence-electron chi connectivity index (χ3n) is 6.38. The van der Waals surface area contributed by atoms with E-state index >= 15 is 0 Å². The summed E-state index contributed by atoms with van der Waals surface area (Å²) >= 11 is 7.87. The highest BCUT2D eigenvalue weighted by Crippen LogP contribution is 2.31. The number of nitriles is 1. The molecule has 0 amide bonds. The Kier molecular flexibility index (Phi) is 9.09. The summed E-state index contributed by atoms with van der Waals surface area (Å²) in [6.45, 7) is 2.46. The van der Waals surface area contributed by atoms with E-state index in [1.807, 2.05) is 16.4 Å². The first-order valence-electron chi connectivity index (χ1n) is 12.0. The van der Waals surface area contributed by atoms with E-state index in [1.54, 1.807) is 12.1 Å². The summed E-state index contributed by atoms with van der Waals surface area (Å²) in [5.74, 6) is 0. The van der Waals surface area contributed by atoms with Gasteiger partial charge in [-0.2, -0.15) is 10.4 Å². The lowest BCUT2D eigenvalue weighted by Crippen LogP contribution is -2.41. The Bertz CT molecular complexity index is 1110. The quantitative estimate of drug-likeness (QED) is 0.466. The molecule has 1 aromatic heterocycles. The molecule has 2 aliphatic rings. The van der Waals surface area contributed by atoms with Crippen molar-refractivity contribution in [3.05, 3.63) is 51.4 Å². The number of halogens is 2. The zero-order chi connectivity index (χ0) is 25.5. The maximum Gasteiger partial charge on any atom is 0.287 e. The van der Waals surface area contributed by atoms with Gasteiger partial charge in [-0.1, -0.05) is 11.6 Å². The Balaban J connectivity index is 1.35. The summed E-state index contributed by atoms with van der Waals surface area (Å²) in [7, 11) is 0. The number of hydrogen-bond acceptors (Lipinski definition) is 9. The predicted octanol–water partition coefficient (Wildman–Crippen LogP) is 3.40. The first-order valence-corrected chi connectivity index (χ1v) is 13.1. The van der Waals surface area contributed by atoms with Gasteiger partial charge in [0.25, 0.3) is 5.56 Å². The van der Waals surface area contributed by atoms with Crippen LogP contribution in [-0.4, -0.2) is 70.9 Å². The number of ether oxygens (including phenoxy) is 1. The second kappa shape index (κ2) is 12.3. The number of anilines is 2. The zero-order valence-corrected chi connectivity index (χ0v) is 21.5. The lowest BCUT2D eigenvalue weighted by molar-refractivity contribution is -0.0234. The monoisotopic (exact) mass is 536 g/mol. The van der Waals surface area contributed by atoms with Crippen molar-refractivity contribution in [1.82, 2.24) is 14.1 Å². The molecule has 1 atom stereocenters. The number of piperidine rings is 1. The number of aliphatic hydroxyl groups excluding tert-OH is 1. The molecule has 0 aliphatic carbocycles. The van der Waals surface area contributed by atoms with Crippen molar-refractivity contribution in [2.24, 2.45) is 0 Å². The number of benzene rings is 1. The van der Waals surface area contributed by atoms with E-state index in [0.29, 0.717) is 63.2 Å². The fourth-order valence-corrected chi connectivity index (χ4v) is 5.59. The molecule has 0 bridgehead atoms. The van der Waals surface area contributed by atoms with Crippen LogP contribution in [0.1, 0.15) is 37.3 Å². The second-order valence-corrected chi connectivity index (χ2v) is 10.5. The van der Waals surface area contributed by atoms with Crippen LogP contribution >= 0.6 is 23.7 Å². The van der Waals surface area contributed by atoms with Crippen LogP contribution in [0.4, 0.5) is 15.8 Å². The van der Waals surface area contributed by atoms with Crippen LogP contribution in [0.2, 0.25) is 5.02 Å². The Morgan fingerprint density at radius 3 is 2.75 bits per heavy atom. The van der Waals surface area contributed by atoms with Gasteiger partial charge in [0.05, 0.1) is 55.9 Å². The molecule has 1 aromatic carbocycles. The lowest BCUT2D eigenvalue weighted by Gasteiger charge is -2.35. The molecule has 0 radical (unpaired) electrons. The SMILES string of the molecule is N#Cc1ccc(N(CCO)SN2CCC(n3ncc(NCC4(F)CCCOC4)c(Cl)c3=O)CC2)cc1. The molecule has 2 aliphatic heterocycles. The van der Waals surface area contributed by atoms with Crippen molar-refractivity contribution < 1.29 is 14.2 Å². The number of aliphatic hydroxyl groups is 1. The molecule has 9 nitrogen and oxygen atoms in total. The van der Waals surface area contributed by atoms with E-state index in [4.69, 9.17) is 21.6 Å². The fraction of sp³-hybridized carbons (Fsp3) is 0.542. The van der Waals surface area contributed by atoms with E-state index in [9.17, 15) is 14.3 Å². The van der Waals surface area contributed by atoms with Gasteiger partial charge in [-0.15, -0.1) is 0 Å². The number of rotatable bonds is 9. The molecule has 2 saturated heterocycles. The van der Waals surface area contributed by atoms with Crippen molar-refractivity contribution in [3.8, 4) is 6.07 Å².